The van der Waals surface area contributed by atoms with Crippen LogP contribution in [0.25, 0.3) is 0 Å². The first-order valence-electron chi connectivity index (χ1n) is 4.82. The molecule has 0 bridgehead atoms. The van der Waals surface area contributed by atoms with Crippen molar-refractivity contribution in [3.63, 3.8) is 0 Å². The van der Waals surface area contributed by atoms with Crippen LogP contribution in [0.3, 0.4) is 0 Å². The summed E-state index contributed by atoms with van der Waals surface area (Å²) in [5.74, 6) is -0.910. The smallest absolute Gasteiger partial charge is 0.333 e. The van der Waals surface area contributed by atoms with E-state index in [1.54, 1.807) is 0 Å². The van der Waals surface area contributed by atoms with Crippen molar-refractivity contribution in [1.29, 1.82) is 0 Å². The molecule has 0 unspecified atom stereocenters. The third-order valence-corrected chi connectivity index (χ3v) is 1.99. The van der Waals surface area contributed by atoms with E-state index in [1.807, 2.05) is 0 Å². The Balaban J connectivity index is 4.60. The molecule has 0 aromatic carbocycles. The van der Waals surface area contributed by atoms with Gasteiger partial charge in [0.25, 0.3) is 0 Å². The van der Waals surface area contributed by atoms with Crippen LogP contribution < -0.4 is 0 Å². The molecule has 0 spiro atoms. The highest BCUT2D eigenvalue weighted by atomic mass is 16.6. The lowest BCUT2D eigenvalue weighted by molar-refractivity contribution is -0.164. The van der Waals surface area contributed by atoms with Crippen LogP contribution in [0.5, 0.6) is 0 Å². The van der Waals surface area contributed by atoms with E-state index < -0.39 is 37.0 Å². The Morgan fingerprint density at radius 2 is 1.88 bits per heavy atom. The van der Waals surface area contributed by atoms with Gasteiger partial charge in [-0.3, -0.25) is 4.79 Å². The first kappa shape index (κ1) is 15.7. The number of carbonyl (C=O) groups excluding carboxylic acids is 2. The summed E-state index contributed by atoms with van der Waals surface area (Å²) in [6, 6.07) is 0. The van der Waals surface area contributed by atoms with E-state index in [1.165, 1.54) is 6.92 Å². The Labute approximate surface area is 97.9 Å². The SMILES string of the molecule is C=C(C)C(=O)O[C@H](C=O)[C@H](O)[C@H](O)[C@H](O)CO. The van der Waals surface area contributed by atoms with Crippen LogP contribution in [0.15, 0.2) is 12.2 Å². The topological polar surface area (TPSA) is 124 Å². The second-order valence-corrected chi connectivity index (χ2v) is 3.52. The fourth-order valence-electron chi connectivity index (χ4n) is 0.932. The number of esters is 1. The number of hydrogen-bond acceptors (Lipinski definition) is 7. The average molecular weight is 248 g/mol. The van der Waals surface area contributed by atoms with Crippen LogP contribution in [-0.4, -0.2) is 63.7 Å². The van der Waals surface area contributed by atoms with E-state index in [2.05, 4.69) is 11.3 Å². The molecule has 0 aliphatic carbocycles. The predicted molar refractivity (Wildman–Crippen MR) is 55.9 cm³/mol. The highest BCUT2D eigenvalue weighted by Gasteiger charge is 2.33. The first-order valence-corrected chi connectivity index (χ1v) is 4.82. The molecular weight excluding hydrogens is 232 g/mol. The molecule has 0 saturated heterocycles. The number of carbonyl (C=O) groups is 2. The number of ether oxygens (including phenoxy) is 1. The van der Waals surface area contributed by atoms with Gasteiger partial charge in [0.2, 0.25) is 0 Å². The molecule has 0 aliphatic rings. The van der Waals surface area contributed by atoms with Crippen LogP contribution in [0.1, 0.15) is 6.92 Å². The molecule has 0 heterocycles. The maximum absolute atomic E-state index is 11.1. The maximum atomic E-state index is 11.1. The Bertz CT molecular complexity index is 288. The van der Waals surface area contributed by atoms with Crippen molar-refractivity contribution >= 4 is 12.3 Å². The summed E-state index contributed by atoms with van der Waals surface area (Å²) in [7, 11) is 0. The lowest BCUT2D eigenvalue weighted by atomic mass is 10.0. The number of hydrogen-bond donors (Lipinski definition) is 4. The van der Waals surface area contributed by atoms with Gasteiger partial charge < -0.3 is 25.2 Å². The number of rotatable bonds is 7. The zero-order valence-corrected chi connectivity index (χ0v) is 9.31. The van der Waals surface area contributed by atoms with Gasteiger partial charge in [-0.1, -0.05) is 6.58 Å². The lowest BCUT2D eigenvalue weighted by Gasteiger charge is -2.25. The number of aldehydes is 1. The average Bonchev–Trinajstić information content (AvgIpc) is 2.32. The van der Waals surface area contributed by atoms with E-state index in [0.29, 0.717) is 0 Å². The molecule has 0 aromatic heterocycles. The van der Waals surface area contributed by atoms with Crippen molar-refractivity contribution in [1.82, 2.24) is 0 Å². The number of aliphatic hydroxyl groups excluding tert-OH is 4. The molecular formula is C10H16O7. The van der Waals surface area contributed by atoms with Crippen LogP contribution in [-0.2, 0) is 14.3 Å². The maximum Gasteiger partial charge on any atom is 0.333 e. The van der Waals surface area contributed by atoms with Gasteiger partial charge in [-0.25, -0.2) is 4.79 Å². The minimum atomic E-state index is -1.84. The monoisotopic (exact) mass is 248 g/mol. The van der Waals surface area contributed by atoms with E-state index in [-0.39, 0.29) is 11.9 Å². The lowest BCUT2D eigenvalue weighted by Crippen LogP contribution is -2.48. The summed E-state index contributed by atoms with van der Waals surface area (Å²) < 4.78 is 4.53. The fraction of sp³-hybridized carbons (Fsp3) is 0.600. The Kier molecular flexibility index (Phi) is 6.59. The quantitative estimate of drug-likeness (QED) is 0.228. The van der Waals surface area contributed by atoms with Crippen molar-refractivity contribution in [3.05, 3.63) is 12.2 Å². The summed E-state index contributed by atoms with van der Waals surface area (Å²) in [4.78, 5) is 21.7. The van der Waals surface area contributed by atoms with E-state index in [9.17, 15) is 19.8 Å². The van der Waals surface area contributed by atoms with Gasteiger partial charge >= 0.3 is 5.97 Å². The summed E-state index contributed by atoms with van der Waals surface area (Å²) in [6.07, 6.45) is -6.82. The van der Waals surface area contributed by atoms with Crippen LogP contribution in [0.4, 0.5) is 0 Å². The van der Waals surface area contributed by atoms with Crippen LogP contribution in [0.2, 0.25) is 0 Å². The van der Waals surface area contributed by atoms with Gasteiger partial charge in [0, 0.05) is 5.57 Å². The molecule has 17 heavy (non-hydrogen) atoms. The minimum Gasteiger partial charge on any atom is -0.448 e. The van der Waals surface area contributed by atoms with Gasteiger partial charge in [-0.05, 0) is 6.92 Å². The molecule has 7 heteroatoms. The molecule has 0 aliphatic heterocycles. The molecule has 0 rings (SSSR count). The highest BCUT2D eigenvalue weighted by molar-refractivity contribution is 5.88. The molecule has 0 aromatic rings. The summed E-state index contributed by atoms with van der Waals surface area (Å²) in [5.41, 5.74) is 0.0150. The van der Waals surface area contributed by atoms with Gasteiger partial charge in [-0.15, -0.1) is 0 Å². The fourth-order valence-corrected chi connectivity index (χ4v) is 0.932. The molecule has 98 valence electrons. The van der Waals surface area contributed by atoms with Gasteiger partial charge in [-0.2, -0.15) is 0 Å². The van der Waals surface area contributed by atoms with Crippen LogP contribution >= 0.6 is 0 Å². The molecule has 0 amide bonds. The second kappa shape index (κ2) is 7.13. The normalized spacial score (nSPS) is 17.7. The first-order chi connectivity index (χ1) is 7.84. The molecule has 7 nitrogen and oxygen atoms in total. The Morgan fingerprint density at radius 1 is 1.35 bits per heavy atom. The molecule has 0 saturated carbocycles. The second-order valence-electron chi connectivity index (χ2n) is 3.52. The van der Waals surface area contributed by atoms with Gasteiger partial charge in [0.05, 0.1) is 6.61 Å². The van der Waals surface area contributed by atoms with Gasteiger partial charge in [0.15, 0.2) is 12.4 Å². The van der Waals surface area contributed by atoms with Crippen molar-refractivity contribution < 1.29 is 34.8 Å². The summed E-state index contributed by atoms with van der Waals surface area (Å²) in [5, 5.41) is 36.4. The summed E-state index contributed by atoms with van der Waals surface area (Å²) >= 11 is 0. The largest absolute Gasteiger partial charge is 0.448 e. The zero-order valence-electron chi connectivity index (χ0n) is 9.31. The standard InChI is InChI=1S/C10H16O7/c1-5(2)10(16)17-7(4-12)9(15)8(14)6(13)3-11/h4,6-9,11,13-15H,1,3H2,2H3/t6-,7-,8-,9+/m1/s1. The van der Waals surface area contributed by atoms with E-state index in [0.717, 1.165) is 0 Å². The zero-order chi connectivity index (χ0) is 13.6. The van der Waals surface area contributed by atoms with Crippen LogP contribution in [0, 0.1) is 0 Å². The third-order valence-electron chi connectivity index (χ3n) is 1.99. The number of aliphatic hydroxyl groups is 4. The Morgan fingerprint density at radius 3 is 2.24 bits per heavy atom. The Hall–Kier alpha value is -1.28. The van der Waals surface area contributed by atoms with Crippen molar-refractivity contribution in [2.45, 2.75) is 31.3 Å². The third kappa shape index (κ3) is 4.61. The summed E-state index contributed by atoms with van der Waals surface area (Å²) in [6.45, 7) is 3.81. The molecule has 0 radical (unpaired) electrons. The highest BCUT2D eigenvalue weighted by Crippen LogP contribution is 2.08. The van der Waals surface area contributed by atoms with Gasteiger partial charge in [0.1, 0.15) is 18.3 Å². The molecule has 4 atom stereocenters. The predicted octanol–water partition coefficient (Wildman–Crippen LogP) is -2.25. The van der Waals surface area contributed by atoms with Crippen molar-refractivity contribution in [3.8, 4) is 0 Å². The molecule has 4 N–H and O–H groups in total. The van der Waals surface area contributed by atoms with E-state index in [4.69, 9.17) is 10.2 Å². The van der Waals surface area contributed by atoms with Crippen molar-refractivity contribution in [2.24, 2.45) is 0 Å². The van der Waals surface area contributed by atoms with Crippen molar-refractivity contribution in [2.75, 3.05) is 6.61 Å². The minimum absolute atomic E-state index is 0.0150. The van der Waals surface area contributed by atoms with E-state index >= 15 is 0 Å². The molecule has 0 fully saturated rings.